The number of carboxylic acid groups (broad SMARTS) is 1. The number of likely N-dealkylation sites (tertiary alicyclic amines) is 1. The Kier molecular flexibility index (Phi) is 11.3. The van der Waals surface area contributed by atoms with Gasteiger partial charge in [-0.2, -0.15) is 0 Å². The quantitative estimate of drug-likeness (QED) is 0.287. The topological polar surface area (TPSA) is 128 Å². The molecule has 13 heteroatoms. The van der Waals surface area contributed by atoms with Gasteiger partial charge in [0.1, 0.15) is 11.6 Å². The van der Waals surface area contributed by atoms with Crippen molar-refractivity contribution in [2.24, 2.45) is 5.92 Å². The molecule has 2 N–H and O–H groups in total. The lowest BCUT2D eigenvalue weighted by molar-refractivity contribution is -0.141. The Morgan fingerprint density at radius 3 is 2.30 bits per heavy atom. The highest BCUT2D eigenvalue weighted by Crippen LogP contribution is 2.31. The molecule has 2 aliphatic heterocycles. The van der Waals surface area contributed by atoms with Crippen LogP contribution in [0.1, 0.15) is 38.2 Å². The number of carbonyl (C=O) groups is 3. The van der Waals surface area contributed by atoms with E-state index in [9.17, 15) is 14.4 Å². The third kappa shape index (κ3) is 9.54. The molecule has 0 atom stereocenters. The molecule has 1 aromatic carbocycles. The number of hydrogen-bond acceptors (Lipinski definition) is 8. The predicted molar refractivity (Wildman–Crippen MR) is 176 cm³/mol. The molecule has 4 heterocycles. The van der Waals surface area contributed by atoms with E-state index >= 15 is 0 Å². The minimum Gasteiger partial charge on any atom is -0.481 e. The fraction of sp³-hybridized carbons (Fsp3) is 0.424. The maximum atomic E-state index is 12.3. The van der Waals surface area contributed by atoms with Crippen molar-refractivity contribution >= 4 is 46.8 Å². The van der Waals surface area contributed by atoms with Gasteiger partial charge in [0.2, 0.25) is 17.7 Å². The van der Waals surface area contributed by atoms with E-state index in [4.69, 9.17) is 38.0 Å². The fourth-order valence-electron chi connectivity index (χ4n) is 5.74. The van der Waals surface area contributed by atoms with Gasteiger partial charge >= 0.3 is 5.97 Å². The SMILES string of the molecule is CC(=O)NCC1CCN(Cc2cc(Oc3ccc(N4CCN(C(=O)CCC(=O)O)CC4)nc3)nc(-c3cc(Cl)cc(Cl)c3)c2)CC1. The second-order valence-corrected chi connectivity index (χ2v) is 12.6. The summed E-state index contributed by atoms with van der Waals surface area (Å²) >= 11 is 12.6. The van der Waals surface area contributed by atoms with Crippen molar-refractivity contribution in [1.82, 2.24) is 25.1 Å². The molecule has 2 saturated heterocycles. The molecule has 3 aromatic rings. The van der Waals surface area contributed by atoms with Gasteiger partial charge in [0.25, 0.3) is 0 Å². The van der Waals surface area contributed by atoms with Crippen LogP contribution >= 0.6 is 23.2 Å². The molecule has 0 radical (unpaired) electrons. The van der Waals surface area contributed by atoms with Gasteiger partial charge in [0, 0.05) is 74.3 Å². The Morgan fingerprint density at radius 2 is 1.67 bits per heavy atom. The van der Waals surface area contributed by atoms with Crippen LogP contribution < -0.4 is 15.0 Å². The number of piperidine rings is 1. The standard InChI is InChI=1S/C33H38Cl2N6O5/c1-22(42)36-19-23-6-8-39(9-7-23)21-24-14-29(25-16-26(34)18-27(35)17-25)38-31(15-24)46-28-2-3-30(37-20-28)40-10-12-41(13-11-40)32(43)4-5-33(44)45/h2-3,14-18,20,23H,4-13,19,21H2,1H3,(H,36,42)(H,44,45). The van der Waals surface area contributed by atoms with Crippen molar-refractivity contribution in [3.63, 3.8) is 0 Å². The number of rotatable bonds is 11. The number of pyridine rings is 2. The molecular weight excluding hydrogens is 631 g/mol. The Hall–Kier alpha value is -3.93. The maximum absolute atomic E-state index is 12.3. The van der Waals surface area contributed by atoms with Crippen LogP contribution in [0.4, 0.5) is 5.82 Å². The molecule has 244 valence electrons. The zero-order valence-corrected chi connectivity index (χ0v) is 27.3. The lowest BCUT2D eigenvalue weighted by Crippen LogP contribution is -2.49. The van der Waals surface area contributed by atoms with E-state index in [1.807, 2.05) is 36.4 Å². The molecule has 0 unspecified atom stereocenters. The second kappa shape index (κ2) is 15.6. The first kappa shape index (κ1) is 33.4. The Balaban J connectivity index is 1.26. The zero-order chi connectivity index (χ0) is 32.6. The molecule has 5 rings (SSSR count). The van der Waals surface area contributed by atoms with Crippen LogP contribution in [0.3, 0.4) is 0 Å². The molecule has 2 aliphatic rings. The van der Waals surface area contributed by atoms with Crippen LogP contribution in [-0.2, 0) is 20.9 Å². The summed E-state index contributed by atoms with van der Waals surface area (Å²) in [7, 11) is 0. The number of nitrogens with zero attached hydrogens (tertiary/aromatic N) is 5. The number of carboxylic acids is 1. The highest BCUT2D eigenvalue weighted by Gasteiger charge is 2.23. The van der Waals surface area contributed by atoms with Gasteiger partial charge in [-0.05, 0) is 73.8 Å². The molecule has 2 aromatic heterocycles. The molecule has 11 nitrogen and oxygen atoms in total. The van der Waals surface area contributed by atoms with Gasteiger partial charge in [-0.15, -0.1) is 0 Å². The first-order valence-electron chi connectivity index (χ1n) is 15.4. The van der Waals surface area contributed by atoms with Crippen molar-refractivity contribution in [3.8, 4) is 22.9 Å². The smallest absolute Gasteiger partial charge is 0.303 e. The van der Waals surface area contributed by atoms with Crippen LogP contribution in [-0.4, -0.2) is 88.5 Å². The van der Waals surface area contributed by atoms with E-state index in [1.165, 1.54) is 0 Å². The number of amides is 2. The van der Waals surface area contributed by atoms with E-state index < -0.39 is 5.97 Å². The minimum absolute atomic E-state index is 0.00693. The van der Waals surface area contributed by atoms with E-state index in [1.54, 1.807) is 24.1 Å². The average Bonchev–Trinajstić information content (AvgIpc) is 3.03. The zero-order valence-electron chi connectivity index (χ0n) is 25.8. The van der Waals surface area contributed by atoms with E-state index in [0.717, 1.165) is 49.4 Å². The number of aromatic nitrogens is 2. The van der Waals surface area contributed by atoms with E-state index in [0.29, 0.717) is 66.0 Å². The van der Waals surface area contributed by atoms with Gasteiger partial charge in [-0.25, -0.2) is 9.97 Å². The van der Waals surface area contributed by atoms with Crippen LogP contribution in [0.15, 0.2) is 48.7 Å². The van der Waals surface area contributed by atoms with Gasteiger partial charge in [-0.1, -0.05) is 23.2 Å². The summed E-state index contributed by atoms with van der Waals surface area (Å²) in [6, 6.07) is 13.0. The predicted octanol–water partition coefficient (Wildman–Crippen LogP) is 5.10. The van der Waals surface area contributed by atoms with Crippen LogP contribution in [0.25, 0.3) is 11.3 Å². The Bertz CT molecular complexity index is 1520. The summed E-state index contributed by atoms with van der Waals surface area (Å²) in [6.45, 7) is 7.07. The van der Waals surface area contributed by atoms with Crippen LogP contribution in [0, 0.1) is 5.92 Å². The number of ether oxygens (including phenoxy) is 1. The molecule has 0 spiro atoms. The normalized spacial score (nSPS) is 15.9. The molecule has 0 saturated carbocycles. The highest BCUT2D eigenvalue weighted by atomic mass is 35.5. The molecule has 46 heavy (non-hydrogen) atoms. The highest BCUT2D eigenvalue weighted by molar-refractivity contribution is 6.35. The molecule has 2 amide bonds. The summed E-state index contributed by atoms with van der Waals surface area (Å²) < 4.78 is 6.22. The van der Waals surface area contributed by atoms with Gasteiger partial charge < -0.3 is 25.0 Å². The molecular formula is C33H38Cl2N6O5. The summed E-state index contributed by atoms with van der Waals surface area (Å²) in [5, 5.41) is 12.8. The van der Waals surface area contributed by atoms with Crippen molar-refractivity contribution in [1.29, 1.82) is 0 Å². The second-order valence-electron chi connectivity index (χ2n) is 11.7. The number of nitrogens with one attached hydrogen (secondary N) is 1. The number of aliphatic carboxylic acids is 1. The third-order valence-corrected chi connectivity index (χ3v) is 8.66. The van der Waals surface area contributed by atoms with E-state index in [2.05, 4.69) is 20.1 Å². The van der Waals surface area contributed by atoms with Crippen molar-refractivity contribution in [3.05, 3.63) is 64.3 Å². The van der Waals surface area contributed by atoms with Gasteiger partial charge in [0.05, 0.1) is 18.3 Å². The first-order chi connectivity index (χ1) is 22.1. The van der Waals surface area contributed by atoms with Crippen molar-refractivity contribution < 1.29 is 24.2 Å². The van der Waals surface area contributed by atoms with Crippen molar-refractivity contribution in [2.45, 2.75) is 39.2 Å². The summed E-state index contributed by atoms with van der Waals surface area (Å²) in [5.74, 6) is 1.10. The lowest BCUT2D eigenvalue weighted by Gasteiger charge is -2.35. The average molecular weight is 670 g/mol. The van der Waals surface area contributed by atoms with Crippen molar-refractivity contribution in [2.75, 3.05) is 50.7 Å². The lowest BCUT2D eigenvalue weighted by atomic mass is 9.96. The Labute approximate surface area is 278 Å². The number of piperazine rings is 1. The molecule has 2 fully saturated rings. The number of halogens is 2. The summed E-state index contributed by atoms with van der Waals surface area (Å²) in [5.41, 5.74) is 2.52. The molecule has 0 bridgehead atoms. The van der Waals surface area contributed by atoms with Gasteiger partial charge in [-0.3, -0.25) is 19.3 Å². The summed E-state index contributed by atoms with van der Waals surface area (Å²) in [6.07, 6.45) is 3.54. The number of anilines is 1. The van der Waals surface area contributed by atoms with E-state index in [-0.39, 0.29) is 24.7 Å². The first-order valence-corrected chi connectivity index (χ1v) is 16.2. The number of carbonyl (C=O) groups excluding carboxylic acids is 2. The summed E-state index contributed by atoms with van der Waals surface area (Å²) in [4.78, 5) is 50.0. The maximum Gasteiger partial charge on any atom is 0.303 e. The third-order valence-electron chi connectivity index (χ3n) is 8.23. The largest absolute Gasteiger partial charge is 0.481 e. The van der Waals surface area contributed by atoms with Gasteiger partial charge in [0.15, 0.2) is 0 Å². The van der Waals surface area contributed by atoms with Crippen LogP contribution in [0.5, 0.6) is 11.6 Å². The fourth-order valence-corrected chi connectivity index (χ4v) is 6.27. The Morgan fingerprint density at radius 1 is 0.957 bits per heavy atom. The minimum atomic E-state index is -0.971. The number of benzene rings is 1. The van der Waals surface area contributed by atoms with Crippen LogP contribution in [0.2, 0.25) is 10.0 Å². The molecule has 0 aliphatic carbocycles. The monoisotopic (exact) mass is 668 g/mol. The number of hydrogen-bond donors (Lipinski definition) is 2.